The normalized spacial score (nSPS) is 9.54. The Balaban J connectivity index is -0.00000102. The molecule has 0 fully saturated rings. The number of nitrogens with zero attached hydrogens (tertiary/aromatic N) is 1. The molecule has 0 aliphatic rings. The van der Waals surface area contributed by atoms with E-state index in [1.165, 1.54) is 83.5 Å². The monoisotopic (exact) mass is 369 g/mol. The summed E-state index contributed by atoms with van der Waals surface area (Å²) in [5.41, 5.74) is 0. The van der Waals surface area contributed by atoms with Crippen LogP contribution in [0.1, 0.15) is 110 Å². The van der Waals surface area contributed by atoms with Crippen LogP contribution in [-0.4, -0.2) is 11.1 Å². The third-order valence-electron chi connectivity index (χ3n) is 3.99. The number of carbonyl (C=O) groups is 1. The van der Waals surface area contributed by atoms with E-state index >= 15 is 0 Å². The largest absolute Gasteiger partial charge is 1.00 e. The maximum Gasteiger partial charge on any atom is 1.00 e. The van der Waals surface area contributed by atoms with Gasteiger partial charge in [-0.2, -0.15) is 0 Å². The van der Waals surface area contributed by atoms with Crippen molar-refractivity contribution in [3.8, 4) is 0 Å². The van der Waals surface area contributed by atoms with E-state index in [1.54, 1.807) is 0 Å². The predicted octanol–water partition coefficient (Wildman–Crippen LogP) is 3.59. The second-order valence-electron chi connectivity index (χ2n) is 6.17. The molecule has 24 heavy (non-hydrogen) atoms. The van der Waals surface area contributed by atoms with Crippen LogP contribution in [0.2, 0.25) is 0 Å². The van der Waals surface area contributed by atoms with E-state index in [9.17, 15) is 4.79 Å². The van der Waals surface area contributed by atoms with Crippen LogP contribution in [0.3, 0.4) is 0 Å². The number of hydrogen-bond donors (Lipinski definition) is 1. The van der Waals surface area contributed by atoms with E-state index < -0.39 is 5.97 Å². The molecule has 0 bridgehead atoms. The van der Waals surface area contributed by atoms with Gasteiger partial charge in [0.1, 0.15) is 0 Å². The van der Waals surface area contributed by atoms with Gasteiger partial charge in [-0.25, -0.2) is 0 Å². The van der Waals surface area contributed by atoms with E-state index in [1.807, 2.05) is 0 Å². The Morgan fingerprint density at radius 1 is 0.750 bits per heavy atom. The van der Waals surface area contributed by atoms with Gasteiger partial charge in [0.15, 0.2) is 0 Å². The van der Waals surface area contributed by atoms with Gasteiger partial charge in [0.2, 0.25) is 0 Å². The average molecular weight is 370 g/mol. The minimum absolute atomic E-state index is 0. The molecule has 0 spiro atoms. The molecule has 0 heterocycles. The maximum absolute atomic E-state index is 10.3. The Bertz CT molecular complexity index is 253. The molecule has 0 rings (SSSR count). The van der Waals surface area contributed by atoms with E-state index in [4.69, 9.17) is 15.2 Å². The minimum atomic E-state index is -0.653. The number of aliphatic carboxylic acids is 1. The summed E-state index contributed by atoms with van der Waals surface area (Å²) < 4.78 is 0. The van der Waals surface area contributed by atoms with Crippen LogP contribution < -0.4 is 51.4 Å². The predicted molar refractivity (Wildman–Crippen MR) is 96.3 cm³/mol. The first-order valence-electron chi connectivity index (χ1n) is 9.35. The standard InChI is InChI=1S/C18H36O2.K.HNO2/c1-2-3-4-5-6-7-8-9-10-11-12-13-14-15-16-17-18(19)20;;2-1-3/h2-17H2,1H3,(H,19,20);;(H,2,3)/q;+1;/p-1. The summed E-state index contributed by atoms with van der Waals surface area (Å²) in [6.07, 6.45) is 20.2. The van der Waals surface area contributed by atoms with Crippen molar-refractivity contribution in [1.29, 1.82) is 0 Å². The minimum Gasteiger partial charge on any atom is -0.481 e. The fraction of sp³-hybridized carbons (Fsp3) is 0.944. The molecule has 0 atom stereocenters. The molecule has 1 N–H and O–H groups in total. The Hall–Kier alpha value is 0.506. The van der Waals surface area contributed by atoms with E-state index in [-0.39, 0.29) is 51.4 Å². The SMILES string of the molecule is CCCCCCCCCCCCCCCCCC(=O)O.O=N[O-].[K+]. The Morgan fingerprint density at radius 3 is 1.25 bits per heavy atom. The molecule has 0 aromatic rings. The van der Waals surface area contributed by atoms with Gasteiger partial charge in [0.25, 0.3) is 0 Å². The first-order valence-corrected chi connectivity index (χ1v) is 9.35. The molecule has 0 aliphatic heterocycles. The zero-order valence-electron chi connectivity index (χ0n) is 15.9. The third kappa shape index (κ3) is 34.0. The summed E-state index contributed by atoms with van der Waals surface area (Å²) in [6.45, 7) is 2.27. The molecule has 0 amide bonds. The molecular formula is C18H36KNO4. The molecule has 0 radical (unpaired) electrons. The third-order valence-corrected chi connectivity index (χ3v) is 3.99. The molecule has 0 saturated heterocycles. The van der Waals surface area contributed by atoms with Gasteiger partial charge in [-0.05, 0) is 6.42 Å². The number of rotatable bonds is 16. The Kier molecular flexibility index (Phi) is 34.5. The van der Waals surface area contributed by atoms with Crippen LogP contribution in [0.4, 0.5) is 0 Å². The molecule has 0 saturated carbocycles. The molecule has 138 valence electrons. The molecule has 0 aromatic carbocycles. The zero-order valence-corrected chi connectivity index (χ0v) is 19.1. The second kappa shape index (κ2) is 28.3. The molecule has 5 nitrogen and oxygen atoms in total. The first-order chi connectivity index (χ1) is 11.2. The van der Waals surface area contributed by atoms with Crippen molar-refractivity contribution in [3.63, 3.8) is 0 Å². The molecule has 0 aromatic heterocycles. The Morgan fingerprint density at radius 2 is 1.00 bits per heavy atom. The van der Waals surface area contributed by atoms with Crippen LogP contribution >= 0.6 is 0 Å². The quantitative estimate of drug-likeness (QED) is 0.195. The van der Waals surface area contributed by atoms with E-state index in [0.29, 0.717) is 6.42 Å². The summed E-state index contributed by atoms with van der Waals surface area (Å²) in [5.74, 6) is -0.653. The molecule has 6 heteroatoms. The fourth-order valence-corrected chi connectivity index (χ4v) is 2.65. The van der Waals surface area contributed by atoms with Gasteiger partial charge in [0, 0.05) is 6.42 Å². The van der Waals surface area contributed by atoms with Crippen molar-refractivity contribution in [1.82, 2.24) is 0 Å². The average Bonchev–Trinajstić information content (AvgIpc) is 2.51. The van der Waals surface area contributed by atoms with Crippen LogP contribution in [0, 0.1) is 10.1 Å². The van der Waals surface area contributed by atoms with E-state index in [2.05, 4.69) is 6.92 Å². The Labute approximate surface area is 190 Å². The number of carboxylic acid groups (broad SMARTS) is 1. The zero-order chi connectivity index (χ0) is 17.6. The molecule has 0 aliphatic carbocycles. The fourth-order valence-electron chi connectivity index (χ4n) is 2.65. The van der Waals surface area contributed by atoms with Crippen molar-refractivity contribution >= 4 is 5.97 Å². The van der Waals surface area contributed by atoms with Crippen molar-refractivity contribution in [2.24, 2.45) is 5.34 Å². The van der Waals surface area contributed by atoms with Crippen LogP contribution in [0.15, 0.2) is 5.34 Å². The van der Waals surface area contributed by atoms with Gasteiger partial charge in [-0.3, -0.25) is 4.79 Å². The van der Waals surface area contributed by atoms with Crippen molar-refractivity contribution in [3.05, 3.63) is 10.1 Å². The number of carboxylic acids is 1. The van der Waals surface area contributed by atoms with Crippen molar-refractivity contribution < 1.29 is 61.3 Å². The summed E-state index contributed by atoms with van der Waals surface area (Å²) >= 11 is 0. The summed E-state index contributed by atoms with van der Waals surface area (Å²) in [6, 6.07) is 0. The number of unbranched alkanes of at least 4 members (excludes halogenated alkanes) is 14. The van der Waals surface area contributed by atoms with Crippen LogP contribution in [-0.2, 0) is 4.79 Å². The van der Waals surface area contributed by atoms with Crippen LogP contribution in [0.5, 0.6) is 0 Å². The van der Waals surface area contributed by atoms with Crippen LogP contribution in [0.25, 0.3) is 0 Å². The molecule has 0 unspecified atom stereocenters. The van der Waals surface area contributed by atoms with Gasteiger partial charge >= 0.3 is 57.4 Å². The smallest absolute Gasteiger partial charge is 0.481 e. The van der Waals surface area contributed by atoms with Gasteiger partial charge in [-0.15, -0.1) is 5.34 Å². The molecular weight excluding hydrogens is 333 g/mol. The first kappa shape index (κ1) is 29.3. The van der Waals surface area contributed by atoms with Crippen molar-refractivity contribution in [2.75, 3.05) is 0 Å². The van der Waals surface area contributed by atoms with Gasteiger partial charge < -0.3 is 15.2 Å². The summed E-state index contributed by atoms with van der Waals surface area (Å²) in [5, 5.41) is 17.5. The second-order valence-corrected chi connectivity index (χ2v) is 6.17. The summed E-state index contributed by atoms with van der Waals surface area (Å²) in [4.78, 5) is 18.3. The topological polar surface area (TPSA) is 89.8 Å². The maximum atomic E-state index is 10.3. The van der Waals surface area contributed by atoms with Gasteiger partial charge in [0.05, 0.1) is 0 Å². The van der Waals surface area contributed by atoms with E-state index in [0.717, 1.165) is 18.2 Å². The summed E-state index contributed by atoms with van der Waals surface area (Å²) in [7, 11) is 0. The number of hydrogen-bond acceptors (Lipinski definition) is 4. The van der Waals surface area contributed by atoms with Gasteiger partial charge in [-0.1, -0.05) is 96.8 Å². The van der Waals surface area contributed by atoms with Crippen molar-refractivity contribution in [2.45, 2.75) is 110 Å².